The van der Waals surface area contributed by atoms with Crippen LogP contribution in [0.2, 0.25) is 0 Å². The molecular formula is C20H20FNO3. The van der Waals surface area contributed by atoms with Crippen molar-refractivity contribution in [2.45, 2.75) is 32.1 Å². The molecule has 1 unspecified atom stereocenters. The minimum Gasteiger partial charge on any atom is -0.465 e. The molecule has 1 N–H and O–H groups in total. The summed E-state index contributed by atoms with van der Waals surface area (Å²) in [6.07, 6.45) is 2.24. The molecule has 0 fully saturated rings. The maximum Gasteiger partial charge on any atom is 0.338 e. The first-order valence-electron chi connectivity index (χ1n) is 8.25. The maximum absolute atomic E-state index is 14.0. The van der Waals surface area contributed by atoms with Gasteiger partial charge in [-0.2, -0.15) is 0 Å². The van der Waals surface area contributed by atoms with Crippen molar-refractivity contribution in [2.75, 3.05) is 12.4 Å². The lowest BCUT2D eigenvalue weighted by Gasteiger charge is -2.14. The molecule has 1 aliphatic carbocycles. The Morgan fingerprint density at radius 2 is 2.04 bits per heavy atom. The molecule has 3 rings (SSSR count). The third-order valence-corrected chi connectivity index (χ3v) is 4.73. The topological polar surface area (TPSA) is 55.4 Å². The van der Waals surface area contributed by atoms with E-state index in [9.17, 15) is 14.0 Å². The predicted molar refractivity (Wildman–Crippen MR) is 93.2 cm³/mol. The van der Waals surface area contributed by atoms with Crippen molar-refractivity contribution in [3.05, 3.63) is 64.5 Å². The number of hydrogen-bond donors (Lipinski definition) is 1. The molecule has 0 bridgehead atoms. The minimum absolute atomic E-state index is 0.0760. The molecule has 1 aliphatic rings. The van der Waals surface area contributed by atoms with Crippen LogP contribution in [-0.4, -0.2) is 19.0 Å². The van der Waals surface area contributed by atoms with Gasteiger partial charge in [0.1, 0.15) is 5.82 Å². The van der Waals surface area contributed by atoms with Gasteiger partial charge in [0.05, 0.1) is 12.7 Å². The Morgan fingerprint density at radius 3 is 2.80 bits per heavy atom. The van der Waals surface area contributed by atoms with Crippen LogP contribution in [0.3, 0.4) is 0 Å². The first-order valence-corrected chi connectivity index (χ1v) is 8.25. The van der Waals surface area contributed by atoms with Crippen LogP contribution in [0.25, 0.3) is 0 Å². The van der Waals surface area contributed by atoms with Gasteiger partial charge in [0.25, 0.3) is 0 Å². The van der Waals surface area contributed by atoms with Crippen LogP contribution in [0.1, 0.15) is 45.8 Å². The average Bonchev–Trinajstić information content (AvgIpc) is 3.01. The van der Waals surface area contributed by atoms with Crippen LogP contribution < -0.4 is 5.32 Å². The molecule has 1 amide bonds. The summed E-state index contributed by atoms with van der Waals surface area (Å²) in [6.45, 7) is 1.57. The molecule has 4 nitrogen and oxygen atoms in total. The number of hydrogen-bond acceptors (Lipinski definition) is 3. The van der Waals surface area contributed by atoms with E-state index in [2.05, 4.69) is 22.2 Å². The highest BCUT2D eigenvalue weighted by Crippen LogP contribution is 2.35. The van der Waals surface area contributed by atoms with Crippen LogP contribution in [0.4, 0.5) is 10.1 Å². The lowest BCUT2D eigenvalue weighted by Crippen LogP contribution is -2.16. The zero-order chi connectivity index (χ0) is 18.0. The number of rotatable bonds is 4. The highest BCUT2D eigenvalue weighted by molar-refractivity contribution is 5.95. The van der Waals surface area contributed by atoms with Gasteiger partial charge < -0.3 is 10.1 Å². The van der Waals surface area contributed by atoms with E-state index >= 15 is 0 Å². The van der Waals surface area contributed by atoms with E-state index in [-0.39, 0.29) is 17.4 Å². The Labute approximate surface area is 146 Å². The molecule has 0 spiro atoms. The number of ether oxygens (including phenoxy) is 1. The maximum atomic E-state index is 14.0. The van der Waals surface area contributed by atoms with Crippen LogP contribution in [0, 0.1) is 12.7 Å². The van der Waals surface area contributed by atoms with Crippen molar-refractivity contribution >= 4 is 17.6 Å². The lowest BCUT2D eigenvalue weighted by atomic mass is 9.97. The number of benzene rings is 2. The Balaban J connectivity index is 1.75. The largest absolute Gasteiger partial charge is 0.465 e. The number of aryl methyl sites for hydroxylation is 1. The Bertz CT molecular complexity index is 832. The molecule has 0 saturated heterocycles. The first kappa shape index (κ1) is 17.1. The van der Waals surface area contributed by atoms with Crippen LogP contribution in [0.15, 0.2) is 36.4 Å². The van der Waals surface area contributed by atoms with E-state index in [1.165, 1.54) is 24.3 Å². The fourth-order valence-electron chi connectivity index (χ4n) is 3.33. The number of halogens is 1. The molecule has 0 aromatic heterocycles. The third kappa shape index (κ3) is 3.55. The van der Waals surface area contributed by atoms with Crippen molar-refractivity contribution in [3.63, 3.8) is 0 Å². The standard InChI is InChI=1S/C20H20FNO3/c1-12-17(21)9-15(20(24)25-2)10-18(12)22-19(23)11-14-8-7-13-5-3-4-6-16(13)14/h3-6,9-10,14H,7-8,11H2,1-2H3,(H,22,23). The highest BCUT2D eigenvalue weighted by atomic mass is 19.1. The predicted octanol–water partition coefficient (Wildman–Crippen LogP) is 3.98. The van der Waals surface area contributed by atoms with E-state index < -0.39 is 11.8 Å². The molecule has 0 aliphatic heterocycles. The van der Waals surface area contributed by atoms with Crippen molar-refractivity contribution in [2.24, 2.45) is 0 Å². The van der Waals surface area contributed by atoms with Gasteiger partial charge in [-0.25, -0.2) is 9.18 Å². The summed E-state index contributed by atoms with van der Waals surface area (Å²) < 4.78 is 18.6. The summed E-state index contributed by atoms with van der Waals surface area (Å²) in [5, 5.41) is 2.74. The van der Waals surface area contributed by atoms with Crippen molar-refractivity contribution < 1.29 is 18.7 Å². The summed E-state index contributed by atoms with van der Waals surface area (Å²) in [5.74, 6) is -1.21. The smallest absolute Gasteiger partial charge is 0.338 e. The fraction of sp³-hybridized carbons (Fsp3) is 0.300. The van der Waals surface area contributed by atoms with Crippen LogP contribution >= 0.6 is 0 Å². The number of esters is 1. The van der Waals surface area contributed by atoms with Gasteiger partial charge in [0.2, 0.25) is 5.91 Å². The summed E-state index contributed by atoms with van der Waals surface area (Å²) in [5.41, 5.74) is 3.18. The molecule has 2 aromatic rings. The third-order valence-electron chi connectivity index (χ3n) is 4.73. The zero-order valence-electron chi connectivity index (χ0n) is 14.3. The number of methoxy groups -OCH3 is 1. The van der Waals surface area contributed by atoms with E-state index in [4.69, 9.17) is 0 Å². The summed E-state index contributed by atoms with van der Waals surface area (Å²) in [7, 11) is 1.23. The molecule has 1 atom stereocenters. The Kier molecular flexibility index (Phi) is 4.83. The highest BCUT2D eigenvalue weighted by Gasteiger charge is 2.24. The molecule has 2 aromatic carbocycles. The second-order valence-electron chi connectivity index (χ2n) is 6.31. The zero-order valence-corrected chi connectivity index (χ0v) is 14.3. The van der Waals surface area contributed by atoms with E-state index in [1.54, 1.807) is 6.92 Å². The van der Waals surface area contributed by atoms with Gasteiger partial charge >= 0.3 is 5.97 Å². The molecule has 0 radical (unpaired) electrons. The second kappa shape index (κ2) is 7.05. The number of fused-ring (bicyclic) bond motifs is 1. The monoisotopic (exact) mass is 341 g/mol. The molecule has 5 heteroatoms. The molecule has 0 heterocycles. The van der Waals surface area contributed by atoms with Gasteiger partial charge in [-0.05, 0) is 48.9 Å². The van der Waals surface area contributed by atoms with Gasteiger partial charge in [-0.3, -0.25) is 4.79 Å². The Morgan fingerprint density at radius 1 is 1.28 bits per heavy atom. The number of anilines is 1. The molecule has 130 valence electrons. The molecular weight excluding hydrogens is 321 g/mol. The number of nitrogens with one attached hydrogen (secondary N) is 1. The Hall–Kier alpha value is -2.69. The number of carbonyl (C=O) groups excluding carboxylic acids is 2. The number of amides is 1. The van der Waals surface area contributed by atoms with Crippen LogP contribution in [0.5, 0.6) is 0 Å². The normalized spacial score (nSPS) is 15.6. The molecule has 0 saturated carbocycles. The first-order chi connectivity index (χ1) is 12.0. The van der Waals surface area contributed by atoms with Gasteiger partial charge in [0, 0.05) is 17.7 Å². The van der Waals surface area contributed by atoms with Gasteiger partial charge in [-0.1, -0.05) is 24.3 Å². The summed E-state index contributed by atoms with van der Waals surface area (Å²) in [6, 6.07) is 10.7. The van der Waals surface area contributed by atoms with Crippen LogP contribution in [-0.2, 0) is 16.0 Å². The van der Waals surface area contributed by atoms with Crippen molar-refractivity contribution in [1.82, 2.24) is 0 Å². The molecule has 25 heavy (non-hydrogen) atoms. The van der Waals surface area contributed by atoms with Crippen molar-refractivity contribution in [3.8, 4) is 0 Å². The lowest BCUT2D eigenvalue weighted by molar-refractivity contribution is -0.116. The SMILES string of the molecule is COC(=O)c1cc(F)c(C)c(NC(=O)CC2CCc3ccccc32)c1. The van der Waals surface area contributed by atoms with E-state index in [0.717, 1.165) is 18.9 Å². The van der Waals surface area contributed by atoms with Gasteiger partial charge in [-0.15, -0.1) is 0 Å². The van der Waals surface area contributed by atoms with E-state index in [1.807, 2.05) is 12.1 Å². The number of carbonyl (C=O) groups is 2. The second-order valence-corrected chi connectivity index (χ2v) is 6.31. The quantitative estimate of drug-likeness (QED) is 0.856. The summed E-state index contributed by atoms with van der Waals surface area (Å²) in [4.78, 5) is 24.1. The summed E-state index contributed by atoms with van der Waals surface area (Å²) >= 11 is 0. The average molecular weight is 341 g/mol. The minimum atomic E-state index is -0.640. The van der Waals surface area contributed by atoms with E-state index in [0.29, 0.717) is 17.7 Å². The van der Waals surface area contributed by atoms with Crippen molar-refractivity contribution in [1.29, 1.82) is 0 Å². The van der Waals surface area contributed by atoms with Gasteiger partial charge in [0.15, 0.2) is 0 Å². The fourth-order valence-corrected chi connectivity index (χ4v) is 3.33.